The van der Waals surface area contributed by atoms with Crippen molar-refractivity contribution in [2.45, 2.75) is 4.90 Å². The van der Waals surface area contributed by atoms with Crippen LogP contribution in [0.15, 0.2) is 34.2 Å². The first kappa shape index (κ1) is 17.0. The smallest absolute Gasteiger partial charge is 0.224 e. The van der Waals surface area contributed by atoms with Gasteiger partial charge in [0.25, 0.3) is 0 Å². The second kappa shape index (κ2) is 6.71. The van der Waals surface area contributed by atoms with Gasteiger partial charge in [-0.1, -0.05) is 0 Å². The fraction of sp³-hybridized carbons (Fsp3) is 0.250. The van der Waals surface area contributed by atoms with Crippen molar-refractivity contribution in [3.05, 3.63) is 46.5 Å². The molecule has 1 saturated heterocycles. The van der Waals surface area contributed by atoms with Crippen molar-refractivity contribution < 1.29 is 8.78 Å². The van der Waals surface area contributed by atoms with Crippen LogP contribution in [0.3, 0.4) is 0 Å². The fourth-order valence-corrected chi connectivity index (χ4v) is 3.79. The standard InChI is InChI=1S/C16H16F2N6OS/c17-10-5-9(15(18)22-16(10)19)11-7-21-14-6-12(25)13(8-24(11)14)26-23-3-1-20-2-4-23/h5-8,20-21H,1-4H2,(H2,19,22). The van der Waals surface area contributed by atoms with Gasteiger partial charge in [0.1, 0.15) is 5.65 Å². The van der Waals surface area contributed by atoms with Gasteiger partial charge in [-0.05, 0) is 18.0 Å². The number of anilines is 1. The maximum absolute atomic E-state index is 14.2. The molecule has 0 unspecified atom stereocenters. The number of piperazine rings is 1. The molecule has 0 aliphatic carbocycles. The van der Waals surface area contributed by atoms with E-state index in [9.17, 15) is 13.6 Å². The normalized spacial score (nSPS) is 15.6. The van der Waals surface area contributed by atoms with Crippen molar-refractivity contribution in [1.82, 2.24) is 24.0 Å². The van der Waals surface area contributed by atoms with Gasteiger partial charge in [-0.25, -0.2) is 8.70 Å². The summed E-state index contributed by atoms with van der Waals surface area (Å²) in [6.45, 7) is 3.34. The number of nitrogen functional groups attached to an aromatic ring is 1. The lowest BCUT2D eigenvalue weighted by molar-refractivity contribution is 0.396. The molecular weight excluding hydrogens is 362 g/mol. The molecule has 1 fully saturated rings. The number of halogens is 2. The molecule has 0 spiro atoms. The average molecular weight is 378 g/mol. The highest BCUT2D eigenvalue weighted by Gasteiger charge is 2.18. The van der Waals surface area contributed by atoms with E-state index < -0.39 is 17.6 Å². The number of nitrogens with one attached hydrogen (secondary N) is 2. The van der Waals surface area contributed by atoms with Crippen molar-refractivity contribution in [1.29, 1.82) is 0 Å². The summed E-state index contributed by atoms with van der Waals surface area (Å²) in [5.74, 6) is -2.17. The van der Waals surface area contributed by atoms with E-state index in [1.165, 1.54) is 24.2 Å². The summed E-state index contributed by atoms with van der Waals surface area (Å²) in [6, 6.07) is 2.44. The van der Waals surface area contributed by atoms with Crippen LogP contribution < -0.4 is 16.5 Å². The van der Waals surface area contributed by atoms with Crippen molar-refractivity contribution in [2.24, 2.45) is 0 Å². The van der Waals surface area contributed by atoms with Crippen LogP contribution in [0, 0.1) is 11.8 Å². The summed E-state index contributed by atoms with van der Waals surface area (Å²) in [4.78, 5) is 19.2. The molecule has 1 aliphatic heterocycles. The summed E-state index contributed by atoms with van der Waals surface area (Å²) in [7, 11) is 0. The van der Waals surface area contributed by atoms with Gasteiger partial charge in [0.05, 0.1) is 16.2 Å². The number of fused-ring (bicyclic) bond motifs is 1. The molecule has 3 aromatic rings. The number of aromatic nitrogens is 3. The summed E-state index contributed by atoms with van der Waals surface area (Å²) < 4.78 is 31.7. The first-order valence-electron chi connectivity index (χ1n) is 8.02. The van der Waals surface area contributed by atoms with E-state index in [0.29, 0.717) is 16.2 Å². The van der Waals surface area contributed by atoms with Gasteiger partial charge in [-0.2, -0.15) is 9.37 Å². The topological polar surface area (TPSA) is 91.4 Å². The molecule has 4 heterocycles. The number of nitrogens with zero attached hydrogens (tertiary/aromatic N) is 3. The zero-order chi connectivity index (χ0) is 18.3. The number of nitrogens with two attached hydrogens (primary N) is 1. The van der Waals surface area contributed by atoms with Gasteiger partial charge in [0.15, 0.2) is 17.1 Å². The molecule has 26 heavy (non-hydrogen) atoms. The van der Waals surface area contributed by atoms with Crippen LogP contribution in [0.2, 0.25) is 0 Å². The minimum absolute atomic E-state index is 0.0373. The minimum atomic E-state index is -0.875. The molecule has 0 radical (unpaired) electrons. The van der Waals surface area contributed by atoms with E-state index in [0.717, 1.165) is 32.2 Å². The van der Waals surface area contributed by atoms with E-state index in [-0.39, 0.29) is 11.0 Å². The Hall–Kier alpha value is -2.43. The summed E-state index contributed by atoms with van der Waals surface area (Å²) in [5, 5.41) is 3.25. The highest BCUT2D eigenvalue weighted by Crippen LogP contribution is 2.27. The number of hydrogen-bond acceptors (Lipinski definition) is 6. The van der Waals surface area contributed by atoms with E-state index in [1.54, 1.807) is 10.6 Å². The van der Waals surface area contributed by atoms with Crippen LogP contribution in [0.1, 0.15) is 0 Å². The Labute approximate surface area is 151 Å². The van der Waals surface area contributed by atoms with Crippen LogP contribution in [-0.2, 0) is 0 Å². The second-order valence-corrected chi connectivity index (χ2v) is 7.03. The molecule has 0 amide bonds. The molecule has 0 aromatic carbocycles. The molecule has 10 heteroatoms. The van der Waals surface area contributed by atoms with Gasteiger partial charge >= 0.3 is 0 Å². The Balaban J connectivity index is 1.78. The third kappa shape index (κ3) is 3.06. The molecule has 4 N–H and O–H groups in total. The molecular formula is C16H16F2N6OS. The fourth-order valence-electron chi connectivity index (χ4n) is 2.85. The van der Waals surface area contributed by atoms with Crippen molar-refractivity contribution >= 4 is 23.4 Å². The van der Waals surface area contributed by atoms with Crippen LogP contribution in [-0.4, -0.2) is 44.9 Å². The molecule has 4 rings (SSSR count). The van der Waals surface area contributed by atoms with E-state index in [2.05, 4.69) is 19.6 Å². The number of imidazole rings is 1. The predicted octanol–water partition coefficient (Wildman–Crippen LogP) is 1.46. The molecule has 3 aromatic heterocycles. The Kier molecular flexibility index (Phi) is 4.39. The summed E-state index contributed by atoms with van der Waals surface area (Å²) in [6.07, 6.45) is 3.13. The number of hydrogen-bond donors (Lipinski definition) is 3. The highest BCUT2D eigenvalue weighted by molar-refractivity contribution is 7.97. The van der Waals surface area contributed by atoms with E-state index in [1.807, 2.05) is 0 Å². The highest BCUT2D eigenvalue weighted by atomic mass is 32.2. The Bertz CT molecular complexity index is 1030. The largest absolute Gasteiger partial charge is 0.381 e. The maximum atomic E-state index is 14.2. The molecule has 0 atom stereocenters. The lowest BCUT2D eigenvalue weighted by Crippen LogP contribution is -2.40. The molecule has 136 valence electrons. The zero-order valence-electron chi connectivity index (χ0n) is 13.6. The Morgan fingerprint density at radius 2 is 2.00 bits per heavy atom. The van der Waals surface area contributed by atoms with Crippen LogP contribution in [0.25, 0.3) is 16.9 Å². The second-order valence-electron chi connectivity index (χ2n) is 5.90. The SMILES string of the molecule is Nc1nc(F)c(-c2c[nH]c3cc(=O)c(SN4CCNCC4)cn23)cc1F. The molecule has 1 aliphatic rings. The third-order valence-corrected chi connectivity index (χ3v) is 5.30. The maximum Gasteiger partial charge on any atom is 0.224 e. The van der Waals surface area contributed by atoms with Gasteiger partial charge in [-0.15, -0.1) is 0 Å². The van der Waals surface area contributed by atoms with Gasteiger partial charge in [-0.3, -0.25) is 9.20 Å². The monoisotopic (exact) mass is 378 g/mol. The van der Waals surface area contributed by atoms with Gasteiger partial charge in [0.2, 0.25) is 5.95 Å². The molecule has 0 saturated carbocycles. The third-order valence-electron chi connectivity index (χ3n) is 4.17. The van der Waals surface area contributed by atoms with E-state index >= 15 is 0 Å². The number of aromatic amines is 1. The molecule has 7 nitrogen and oxygen atoms in total. The lowest BCUT2D eigenvalue weighted by Gasteiger charge is -2.25. The lowest BCUT2D eigenvalue weighted by atomic mass is 10.2. The Morgan fingerprint density at radius 1 is 1.23 bits per heavy atom. The van der Waals surface area contributed by atoms with Crippen LogP contribution in [0.5, 0.6) is 0 Å². The average Bonchev–Trinajstić information content (AvgIpc) is 3.02. The number of H-pyrrole nitrogens is 1. The zero-order valence-corrected chi connectivity index (χ0v) is 14.4. The minimum Gasteiger partial charge on any atom is -0.381 e. The summed E-state index contributed by atoms with van der Waals surface area (Å²) in [5.41, 5.74) is 5.97. The first-order chi connectivity index (χ1) is 12.5. The first-order valence-corrected chi connectivity index (χ1v) is 8.79. The van der Waals surface area contributed by atoms with E-state index in [4.69, 9.17) is 5.73 Å². The number of rotatable bonds is 3. The quantitative estimate of drug-likeness (QED) is 0.472. The Morgan fingerprint density at radius 3 is 2.77 bits per heavy atom. The number of pyridine rings is 2. The van der Waals surface area contributed by atoms with Crippen molar-refractivity contribution in [2.75, 3.05) is 31.9 Å². The predicted molar refractivity (Wildman–Crippen MR) is 95.9 cm³/mol. The van der Waals surface area contributed by atoms with Crippen molar-refractivity contribution in [3.63, 3.8) is 0 Å². The van der Waals surface area contributed by atoms with Crippen LogP contribution >= 0.6 is 11.9 Å². The van der Waals surface area contributed by atoms with Gasteiger partial charge < -0.3 is 16.0 Å². The summed E-state index contributed by atoms with van der Waals surface area (Å²) >= 11 is 1.37. The van der Waals surface area contributed by atoms with Crippen LogP contribution in [0.4, 0.5) is 14.6 Å². The van der Waals surface area contributed by atoms with Gasteiger partial charge in [0, 0.05) is 44.6 Å². The molecule has 0 bridgehead atoms. The van der Waals surface area contributed by atoms with Crippen molar-refractivity contribution in [3.8, 4) is 11.3 Å².